The first-order valence-electron chi connectivity index (χ1n) is 15.6. The predicted octanol–water partition coefficient (Wildman–Crippen LogP) is 5.77. The van der Waals surface area contributed by atoms with E-state index in [2.05, 4.69) is 21.4 Å². The van der Waals surface area contributed by atoms with Crippen LogP contribution in [-0.4, -0.2) is 46.8 Å². The van der Waals surface area contributed by atoms with E-state index in [1.54, 1.807) is 6.20 Å². The fourth-order valence-corrected chi connectivity index (χ4v) is 9.18. The molecule has 0 radical (unpaired) electrons. The van der Waals surface area contributed by atoms with Crippen LogP contribution in [0.15, 0.2) is 51.8 Å². The average molecular weight is 677 g/mol. The number of hydrogen-bond acceptors (Lipinski definition) is 11. The SMILES string of the molecule is C[C@H](c1cccnc1N)N1CCOc2c(Cl)c(C3C=CC(F)=C4SC(N)=C(C#N)[C@H]43)c(F)c3nc(OC[C@@]45CCC4CCN5)nc1c23. The van der Waals surface area contributed by atoms with E-state index < -0.39 is 23.5 Å². The molecule has 5 aliphatic rings. The molecule has 1 aromatic carbocycles. The number of thioether (sulfide) groups is 1. The van der Waals surface area contributed by atoms with Crippen LogP contribution >= 0.6 is 23.4 Å². The molecular formula is C33H31ClF2N8O2S. The topological polar surface area (TPSA) is 148 Å². The highest BCUT2D eigenvalue weighted by atomic mass is 35.5. The third kappa shape index (κ3) is 4.56. The molecule has 2 unspecified atom stereocenters. The lowest BCUT2D eigenvalue weighted by molar-refractivity contribution is 0.0664. The highest BCUT2D eigenvalue weighted by Crippen LogP contribution is 2.57. The molecule has 3 aliphatic heterocycles. The van der Waals surface area contributed by atoms with E-state index in [0.717, 1.165) is 43.1 Å². The van der Waals surface area contributed by atoms with Gasteiger partial charge >= 0.3 is 6.01 Å². The van der Waals surface area contributed by atoms with Crippen molar-refractivity contribution in [2.24, 2.45) is 17.6 Å². The second-order valence-electron chi connectivity index (χ2n) is 12.6. The summed E-state index contributed by atoms with van der Waals surface area (Å²) in [6.45, 7) is 3.76. The molecule has 5 N–H and O–H groups in total. The van der Waals surface area contributed by atoms with Crippen LogP contribution in [0, 0.1) is 29.0 Å². The Hall–Kier alpha value is -4.12. The van der Waals surface area contributed by atoms with Crippen molar-refractivity contribution in [1.29, 1.82) is 5.26 Å². The number of benzene rings is 1. The first-order chi connectivity index (χ1) is 22.7. The molecule has 47 heavy (non-hydrogen) atoms. The quantitative estimate of drug-likeness (QED) is 0.292. The first kappa shape index (κ1) is 30.2. The van der Waals surface area contributed by atoms with Gasteiger partial charge in [-0.1, -0.05) is 35.5 Å². The zero-order valence-corrected chi connectivity index (χ0v) is 27.0. The van der Waals surface area contributed by atoms with Gasteiger partial charge in [-0.25, -0.2) is 13.8 Å². The van der Waals surface area contributed by atoms with Crippen LogP contribution in [0.3, 0.4) is 0 Å². The number of anilines is 2. The summed E-state index contributed by atoms with van der Waals surface area (Å²) in [5, 5.41) is 14.0. The molecule has 3 aromatic rings. The van der Waals surface area contributed by atoms with Crippen LogP contribution in [0.1, 0.15) is 49.3 Å². The fourth-order valence-electron chi connectivity index (χ4n) is 7.74. The van der Waals surface area contributed by atoms with Gasteiger partial charge in [0.05, 0.1) is 45.2 Å². The minimum atomic E-state index is -0.849. The summed E-state index contributed by atoms with van der Waals surface area (Å²) in [5.41, 5.74) is 13.2. The maximum Gasteiger partial charge on any atom is 0.319 e. The minimum absolute atomic E-state index is 0.000614. The standard InChI is InChI=1S/C33H31ClF2N8O2S/c1-15(17-3-2-9-40-29(17)38)44-11-12-45-27-23-26(42-32(43-31(23)44)46-14-33-8-6-16(33)7-10-41-33)25(36)22(24(27)34)18-4-5-20(35)28-21(18)19(13-37)30(39)47-28/h2-5,9,15-16,18,21,41H,6-8,10-12,14,39H2,1H3,(H2,38,40)/t15-,16?,18?,21-,33+/m1/s1. The Labute approximate surface area is 278 Å². The number of halogens is 3. The van der Waals surface area contributed by atoms with Crippen LogP contribution in [0.4, 0.5) is 20.4 Å². The number of hydrogen-bond donors (Lipinski definition) is 3. The highest BCUT2D eigenvalue weighted by molar-refractivity contribution is 8.07. The van der Waals surface area contributed by atoms with Crippen LogP contribution in [0.25, 0.3) is 10.9 Å². The number of fused-ring (bicyclic) bond motifs is 2. The molecular weight excluding hydrogens is 646 g/mol. The Morgan fingerprint density at radius 3 is 2.91 bits per heavy atom. The normalized spacial score (nSPS) is 26.8. The van der Waals surface area contributed by atoms with Gasteiger partial charge in [0, 0.05) is 34.1 Å². The van der Waals surface area contributed by atoms with Crippen LogP contribution < -0.4 is 31.2 Å². The van der Waals surface area contributed by atoms with Crippen molar-refractivity contribution in [1.82, 2.24) is 20.3 Å². The summed E-state index contributed by atoms with van der Waals surface area (Å²) in [6.07, 6.45) is 7.59. The molecule has 5 heterocycles. The van der Waals surface area contributed by atoms with Gasteiger partial charge in [0.15, 0.2) is 11.6 Å². The van der Waals surface area contributed by atoms with Crippen LogP contribution in [0.5, 0.6) is 11.8 Å². The number of pyridine rings is 1. The number of nitrogen functional groups attached to an aromatic ring is 1. The number of nitrogens with zero attached hydrogens (tertiary/aromatic N) is 5. The molecule has 2 aliphatic carbocycles. The Kier molecular flexibility index (Phi) is 7.23. The van der Waals surface area contributed by atoms with E-state index in [4.69, 9.17) is 37.5 Å². The van der Waals surface area contributed by atoms with E-state index in [0.29, 0.717) is 30.7 Å². The number of aromatic nitrogens is 3. The number of nitrogens with one attached hydrogen (secondary N) is 1. The largest absolute Gasteiger partial charge is 0.489 e. The van der Waals surface area contributed by atoms with Gasteiger partial charge in [0.1, 0.15) is 36.2 Å². The zero-order chi connectivity index (χ0) is 32.6. The van der Waals surface area contributed by atoms with Gasteiger partial charge in [0.2, 0.25) is 0 Å². The third-order valence-electron chi connectivity index (χ3n) is 10.3. The lowest BCUT2D eigenvalue weighted by Gasteiger charge is -2.44. The lowest BCUT2D eigenvalue weighted by Crippen LogP contribution is -2.56. The molecule has 242 valence electrons. The van der Waals surface area contributed by atoms with Crippen LogP contribution in [0.2, 0.25) is 5.02 Å². The van der Waals surface area contributed by atoms with E-state index >= 15 is 8.78 Å². The van der Waals surface area contributed by atoms with Crippen molar-refractivity contribution in [3.8, 4) is 17.8 Å². The van der Waals surface area contributed by atoms with E-state index in [1.807, 2.05) is 24.0 Å². The maximum atomic E-state index is 17.2. The molecule has 0 amide bonds. The van der Waals surface area contributed by atoms with E-state index in [-0.39, 0.29) is 66.9 Å². The fraction of sp³-hybridized carbons (Fsp3) is 0.394. The predicted molar refractivity (Wildman–Crippen MR) is 176 cm³/mol. The Balaban J connectivity index is 1.31. The van der Waals surface area contributed by atoms with Crippen LogP contribution in [-0.2, 0) is 0 Å². The third-order valence-corrected chi connectivity index (χ3v) is 11.8. The molecule has 0 bridgehead atoms. The van der Waals surface area contributed by atoms with Gasteiger partial charge in [-0.05, 0) is 50.8 Å². The van der Waals surface area contributed by atoms with E-state index in [9.17, 15) is 5.26 Å². The maximum absolute atomic E-state index is 17.2. The molecule has 10 nitrogen and oxygen atoms in total. The van der Waals surface area contributed by atoms with Crippen molar-refractivity contribution in [2.75, 3.05) is 36.9 Å². The van der Waals surface area contributed by atoms with Crippen molar-refractivity contribution >= 4 is 45.9 Å². The van der Waals surface area contributed by atoms with Gasteiger partial charge in [0.25, 0.3) is 0 Å². The first-order valence-corrected chi connectivity index (χ1v) is 16.8. The monoisotopic (exact) mass is 676 g/mol. The number of allylic oxidation sites excluding steroid dienone is 5. The Bertz CT molecular complexity index is 1980. The van der Waals surface area contributed by atoms with Crippen molar-refractivity contribution < 1.29 is 18.3 Å². The van der Waals surface area contributed by atoms with Gasteiger partial charge in [-0.15, -0.1) is 0 Å². The van der Waals surface area contributed by atoms with Crippen molar-refractivity contribution in [3.63, 3.8) is 0 Å². The minimum Gasteiger partial charge on any atom is -0.489 e. The lowest BCUT2D eigenvalue weighted by atomic mass is 9.68. The molecule has 2 fully saturated rings. The number of nitriles is 1. The summed E-state index contributed by atoms with van der Waals surface area (Å²) >= 11 is 8.05. The number of rotatable bonds is 6. The van der Waals surface area contributed by atoms with Crippen molar-refractivity contribution in [3.05, 3.63) is 73.8 Å². The molecule has 5 atom stereocenters. The molecule has 1 saturated heterocycles. The second-order valence-corrected chi connectivity index (χ2v) is 14.0. The van der Waals surface area contributed by atoms with E-state index in [1.165, 1.54) is 12.2 Å². The Morgan fingerprint density at radius 2 is 2.17 bits per heavy atom. The van der Waals surface area contributed by atoms with Gasteiger partial charge in [-0.2, -0.15) is 15.2 Å². The summed E-state index contributed by atoms with van der Waals surface area (Å²) in [5.74, 6) is -1.49. The second kappa shape index (κ2) is 11.2. The number of ether oxygens (including phenoxy) is 2. The molecule has 1 saturated carbocycles. The molecule has 8 rings (SSSR count). The Morgan fingerprint density at radius 1 is 1.32 bits per heavy atom. The number of nitrogens with two attached hydrogens (primary N) is 2. The summed E-state index contributed by atoms with van der Waals surface area (Å²) < 4.78 is 44.8. The molecule has 0 spiro atoms. The summed E-state index contributed by atoms with van der Waals surface area (Å²) in [7, 11) is 0. The summed E-state index contributed by atoms with van der Waals surface area (Å²) in [4.78, 5) is 16.0. The molecule has 14 heteroatoms. The van der Waals surface area contributed by atoms with Crippen molar-refractivity contribution in [2.45, 2.75) is 43.7 Å². The smallest absolute Gasteiger partial charge is 0.319 e. The zero-order valence-electron chi connectivity index (χ0n) is 25.4. The molecule has 2 aromatic heterocycles. The van der Waals surface area contributed by atoms with Gasteiger partial charge in [-0.3, -0.25) is 0 Å². The average Bonchev–Trinajstić information content (AvgIpc) is 3.46. The van der Waals surface area contributed by atoms with Gasteiger partial charge < -0.3 is 31.2 Å². The summed E-state index contributed by atoms with van der Waals surface area (Å²) in [6, 6.07) is 5.47. The highest BCUT2D eigenvalue weighted by Gasteiger charge is 2.50.